The number of esters is 1. The van der Waals surface area contributed by atoms with E-state index in [2.05, 4.69) is 5.32 Å². The zero-order chi connectivity index (χ0) is 23.5. The lowest BCUT2D eigenvalue weighted by atomic mass is 9.83. The Morgan fingerprint density at radius 3 is 2.29 bits per heavy atom. The molecule has 3 aliphatic rings. The average molecular weight is 512 g/mol. The Bertz CT molecular complexity index is 1140. The van der Waals surface area contributed by atoms with Crippen molar-refractivity contribution in [2.24, 2.45) is 5.92 Å². The van der Waals surface area contributed by atoms with Gasteiger partial charge < -0.3 is 14.5 Å². The second kappa shape index (κ2) is 10.9. The van der Waals surface area contributed by atoms with E-state index < -0.39 is 6.04 Å². The quantitative estimate of drug-likeness (QED) is 0.221. The van der Waals surface area contributed by atoms with Crippen molar-refractivity contribution in [2.45, 2.75) is 32.4 Å². The third kappa shape index (κ3) is 5.77. The second-order valence-corrected chi connectivity index (χ2v) is 11.0. The molecule has 5 nitrogen and oxygen atoms in total. The molecule has 0 unspecified atom stereocenters. The summed E-state index contributed by atoms with van der Waals surface area (Å²) in [4.78, 5) is 27.1. The average Bonchev–Trinajstić information content (AvgIpc) is 3.31. The molecule has 0 spiro atoms. The molecule has 7 heteroatoms. The van der Waals surface area contributed by atoms with Crippen LogP contribution < -0.4 is 5.32 Å². The number of piperidine rings is 3. The van der Waals surface area contributed by atoms with Crippen LogP contribution in [-0.2, 0) is 9.53 Å². The van der Waals surface area contributed by atoms with E-state index in [4.69, 9.17) is 16.3 Å². The number of quaternary nitrogens is 1. The molecule has 4 heterocycles. The first-order chi connectivity index (χ1) is 16.5. The predicted octanol–water partition coefficient (Wildman–Crippen LogP) is 6.23. The minimum absolute atomic E-state index is 0. The number of ether oxygens (including phenoxy) is 1. The molecule has 0 radical (unpaired) electrons. The minimum Gasteiger partial charge on any atom is -0.454 e. The predicted molar refractivity (Wildman–Crippen MR) is 142 cm³/mol. The van der Waals surface area contributed by atoms with E-state index in [1.807, 2.05) is 66.7 Å². The number of fused-ring (bicyclic) bond motifs is 3. The number of nitrogens with zero attached hydrogens (tertiary/aromatic N) is 1. The Kier molecular flexibility index (Phi) is 7.95. The largest absolute Gasteiger partial charge is 0.454 e. The number of halogens is 1. The van der Waals surface area contributed by atoms with Crippen LogP contribution in [0.4, 0.5) is 5.69 Å². The van der Waals surface area contributed by atoms with Crippen LogP contribution in [0, 0.1) is 5.92 Å². The highest BCUT2D eigenvalue weighted by atomic mass is 35.5. The summed E-state index contributed by atoms with van der Waals surface area (Å²) in [5.74, 6) is 0.196. The first-order valence-electron chi connectivity index (χ1n) is 11.7. The maximum Gasteiger partial charge on any atom is 0.333 e. The number of hydrogen-bond acceptors (Lipinski definition) is 5. The van der Waals surface area contributed by atoms with Crippen molar-refractivity contribution in [1.29, 1.82) is 0 Å². The molecular weight excluding hydrogens is 480 g/mol. The Morgan fingerprint density at radius 2 is 1.66 bits per heavy atom. The van der Waals surface area contributed by atoms with Gasteiger partial charge >= 0.3 is 5.97 Å². The molecule has 1 N–H and O–H groups in total. The third-order valence-corrected chi connectivity index (χ3v) is 8.36. The fourth-order valence-corrected chi connectivity index (χ4v) is 6.24. The van der Waals surface area contributed by atoms with Crippen LogP contribution in [0.15, 0.2) is 72.8 Å². The molecule has 1 aromatic heterocycles. The van der Waals surface area contributed by atoms with Crippen molar-refractivity contribution < 1.29 is 18.8 Å². The van der Waals surface area contributed by atoms with Gasteiger partial charge in [-0.3, -0.25) is 4.79 Å². The molecule has 3 fully saturated rings. The van der Waals surface area contributed by atoms with Crippen LogP contribution in [0.5, 0.6) is 0 Å². The topological polar surface area (TPSA) is 55.4 Å². The van der Waals surface area contributed by atoms with Crippen LogP contribution in [0.1, 0.15) is 41.5 Å². The lowest BCUT2D eigenvalue weighted by molar-refractivity contribution is -0.938. The highest BCUT2D eigenvalue weighted by molar-refractivity contribution is 7.18. The number of hydrogen-bond donors (Lipinski definition) is 1. The molecule has 0 aliphatic carbocycles. The van der Waals surface area contributed by atoms with Crippen LogP contribution in [0.2, 0.25) is 4.34 Å². The summed E-state index contributed by atoms with van der Waals surface area (Å²) in [6.45, 7) is 3.03. The van der Waals surface area contributed by atoms with Crippen LogP contribution in [0.3, 0.4) is 0 Å². The fourth-order valence-electron chi connectivity index (χ4n) is 5.27. The molecule has 184 valence electrons. The lowest BCUT2D eigenvalue weighted by Crippen LogP contribution is -2.65. The van der Waals surface area contributed by atoms with E-state index in [0.29, 0.717) is 32.7 Å². The first kappa shape index (κ1) is 25.4. The van der Waals surface area contributed by atoms with Gasteiger partial charge in [0.15, 0.2) is 12.1 Å². The van der Waals surface area contributed by atoms with Crippen molar-refractivity contribution in [3.05, 3.63) is 87.6 Å². The molecule has 35 heavy (non-hydrogen) atoms. The summed E-state index contributed by atoms with van der Waals surface area (Å²) >= 11 is 7.37. The molecule has 3 saturated heterocycles. The number of carbonyl (C=O) groups excluding carboxylic acids is 2. The maximum atomic E-state index is 13.5. The summed E-state index contributed by atoms with van der Waals surface area (Å²) in [6.07, 6.45) is 1.76. The van der Waals surface area contributed by atoms with E-state index in [-0.39, 0.29) is 25.3 Å². The van der Waals surface area contributed by atoms with Gasteiger partial charge in [0.05, 0.1) is 22.3 Å². The number of benzene rings is 2. The standard InChI is InChI=1S/C27H28ClN2O3S.CH4/c28-25-12-11-24(34-25)22(31)17-30-15-13-19(14-16-30)23(18-30)33-27(32)26(20-7-3-1-4-8-20)29-21-9-5-2-6-10-21;/h1-12,19,23,26,29H,13-18H2;1H4/q+1;/t19?,23-,26+,30?;/m0./s1. The highest BCUT2D eigenvalue weighted by Gasteiger charge is 2.49. The van der Waals surface area contributed by atoms with Crippen molar-refractivity contribution in [1.82, 2.24) is 0 Å². The first-order valence-corrected chi connectivity index (χ1v) is 12.9. The number of nitrogens with one attached hydrogen (secondary N) is 1. The van der Waals surface area contributed by atoms with Gasteiger partial charge in [0.25, 0.3) is 0 Å². The summed E-state index contributed by atoms with van der Waals surface area (Å²) in [5, 5.41) is 3.35. The van der Waals surface area contributed by atoms with E-state index in [9.17, 15) is 9.59 Å². The van der Waals surface area contributed by atoms with Crippen LogP contribution in [-0.4, -0.2) is 48.5 Å². The van der Waals surface area contributed by atoms with Gasteiger partial charge in [-0.1, -0.05) is 67.6 Å². The molecule has 0 amide bonds. The van der Waals surface area contributed by atoms with Crippen molar-refractivity contribution in [3.8, 4) is 0 Å². The number of para-hydroxylation sites is 1. The SMILES string of the molecule is C.O=C(C[N+]12CCC(CC1)[C@@H](OC(=O)[C@H](Nc1ccccc1)c1ccccc1)C2)c1ccc(Cl)s1. The molecule has 2 bridgehead atoms. The monoisotopic (exact) mass is 511 g/mol. The van der Waals surface area contributed by atoms with Gasteiger partial charge in [0.1, 0.15) is 13.1 Å². The number of rotatable bonds is 8. The summed E-state index contributed by atoms with van der Waals surface area (Å²) in [7, 11) is 0. The molecule has 6 rings (SSSR count). The van der Waals surface area contributed by atoms with E-state index in [1.54, 1.807) is 6.07 Å². The second-order valence-electron chi connectivity index (χ2n) is 9.32. The third-order valence-electron chi connectivity index (χ3n) is 7.09. The Morgan fingerprint density at radius 1 is 1.00 bits per heavy atom. The lowest BCUT2D eigenvalue weighted by Gasteiger charge is -2.51. The number of carbonyl (C=O) groups is 2. The zero-order valence-electron chi connectivity index (χ0n) is 18.9. The number of anilines is 1. The van der Waals surface area contributed by atoms with E-state index in [0.717, 1.165) is 37.2 Å². The zero-order valence-corrected chi connectivity index (χ0v) is 20.4. The molecule has 0 saturated carbocycles. The van der Waals surface area contributed by atoms with E-state index >= 15 is 0 Å². The molecule has 2 atom stereocenters. The van der Waals surface area contributed by atoms with Crippen molar-refractivity contribution >= 4 is 40.4 Å². The number of ketones is 1. The Balaban J connectivity index is 0.00000289. The van der Waals surface area contributed by atoms with Crippen LogP contribution in [0.25, 0.3) is 0 Å². The van der Waals surface area contributed by atoms with Crippen LogP contribution >= 0.6 is 22.9 Å². The van der Waals surface area contributed by atoms with Crippen molar-refractivity contribution in [3.63, 3.8) is 0 Å². The van der Waals surface area contributed by atoms with Gasteiger partial charge in [-0.15, -0.1) is 11.3 Å². The summed E-state index contributed by atoms with van der Waals surface area (Å²) < 4.78 is 7.50. The molecule has 2 aromatic carbocycles. The summed E-state index contributed by atoms with van der Waals surface area (Å²) in [6, 6.07) is 22.4. The van der Waals surface area contributed by atoms with Gasteiger partial charge in [0.2, 0.25) is 5.78 Å². The Labute approximate surface area is 216 Å². The number of thiophene rings is 1. The number of Topliss-reactive ketones (excluding diaryl/α,β-unsaturated/α-hetero) is 1. The molecular formula is C28H32ClN2O3S+. The normalized spacial score (nSPS) is 23.7. The molecule has 3 aromatic rings. The van der Waals surface area contributed by atoms with Gasteiger partial charge in [-0.2, -0.15) is 0 Å². The maximum absolute atomic E-state index is 13.5. The van der Waals surface area contributed by atoms with Gasteiger partial charge in [-0.25, -0.2) is 4.79 Å². The Hall–Kier alpha value is -2.67. The molecule has 3 aliphatic heterocycles. The minimum atomic E-state index is -0.595. The van der Waals surface area contributed by atoms with Gasteiger partial charge in [-0.05, 0) is 29.8 Å². The smallest absolute Gasteiger partial charge is 0.333 e. The fraction of sp³-hybridized carbons (Fsp3) is 0.357. The van der Waals surface area contributed by atoms with Crippen molar-refractivity contribution in [2.75, 3.05) is 31.5 Å². The van der Waals surface area contributed by atoms with E-state index in [1.165, 1.54) is 11.3 Å². The summed E-state index contributed by atoms with van der Waals surface area (Å²) in [5.41, 5.74) is 1.73. The highest BCUT2D eigenvalue weighted by Crippen LogP contribution is 2.37. The van der Waals surface area contributed by atoms with Gasteiger partial charge in [0, 0.05) is 24.4 Å².